The van der Waals surface area contributed by atoms with Crippen LogP contribution in [0.3, 0.4) is 0 Å². The molecule has 0 bridgehead atoms. The summed E-state index contributed by atoms with van der Waals surface area (Å²) in [7, 11) is 0. The summed E-state index contributed by atoms with van der Waals surface area (Å²) in [6.07, 6.45) is 8.17. The van der Waals surface area contributed by atoms with Crippen molar-refractivity contribution in [3.63, 3.8) is 0 Å². The number of anilines is 1. The second kappa shape index (κ2) is 6.21. The van der Waals surface area contributed by atoms with Crippen LogP contribution in [0.5, 0.6) is 0 Å². The van der Waals surface area contributed by atoms with Crippen LogP contribution < -0.4 is 5.32 Å². The summed E-state index contributed by atoms with van der Waals surface area (Å²) in [5, 5.41) is 3.68. The molecular formula is C16H26N2. The Labute approximate surface area is 111 Å². The van der Waals surface area contributed by atoms with Gasteiger partial charge in [-0.25, -0.2) is 0 Å². The Bertz CT molecular complexity index is 379. The van der Waals surface area contributed by atoms with Crippen LogP contribution in [0.25, 0.3) is 0 Å². The van der Waals surface area contributed by atoms with Crippen molar-refractivity contribution in [3.05, 3.63) is 23.5 Å². The van der Waals surface area contributed by atoms with Gasteiger partial charge >= 0.3 is 0 Å². The first kappa shape index (κ1) is 13.4. The summed E-state index contributed by atoms with van der Waals surface area (Å²) < 4.78 is 0. The third-order valence-corrected chi connectivity index (χ3v) is 4.13. The predicted molar refractivity (Wildman–Crippen MR) is 78.0 cm³/mol. The Kier molecular flexibility index (Phi) is 4.62. The molecule has 1 aliphatic rings. The second-order valence-corrected chi connectivity index (χ2v) is 5.74. The summed E-state index contributed by atoms with van der Waals surface area (Å²) in [6, 6.07) is 4.93. The predicted octanol–water partition coefficient (Wildman–Crippen LogP) is 4.47. The lowest BCUT2D eigenvalue weighted by Crippen LogP contribution is -2.26. The molecule has 0 aromatic carbocycles. The summed E-state index contributed by atoms with van der Waals surface area (Å²) in [6.45, 7) is 6.44. The lowest BCUT2D eigenvalue weighted by Gasteiger charge is -2.30. The van der Waals surface area contributed by atoms with E-state index >= 15 is 0 Å². The van der Waals surface area contributed by atoms with Crippen molar-refractivity contribution in [3.8, 4) is 0 Å². The van der Waals surface area contributed by atoms with Gasteiger partial charge in [0.1, 0.15) is 0 Å². The standard InChI is InChI=1S/C16H26N2/c1-4-5-14-7-9-15(10-8-14)18-16-11-6-12(2)17-13(16)3/h6,11,14-15,18H,4-5,7-10H2,1-3H3. The van der Waals surface area contributed by atoms with Gasteiger partial charge < -0.3 is 5.32 Å². The molecule has 2 nitrogen and oxygen atoms in total. The topological polar surface area (TPSA) is 24.9 Å². The van der Waals surface area contributed by atoms with Crippen molar-refractivity contribution in [2.75, 3.05) is 5.32 Å². The number of rotatable bonds is 4. The molecule has 1 N–H and O–H groups in total. The zero-order valence-corrected chi connectivity index (χ0v) is 12.0. The molecule has 1 saturated carbocycles. The smallest absolute Gasteiger partial charge is 0.0606 e. The van der Waals surface area contributed by atoms with Crippen molar-refractivity contribution in [1.82, 2.24) is 4.98 Å². The molecule has 1 heterocycles. The van der Waals surface area contributed by atoms with E-state index in [-0.39, 0.29) is 0 Å². The number of pyridine rings is 1. The average molecular weight is 246 g/mol. The van der Waals surface area contributed by atoms with Crippen LogP contribution in [0.2, 0.25) is 0 Å². The van der Waals surface area contributed by atoms with E-state index in [4.69, 9.17) is 0 Å². The molecular weight excluding hydrogens is 220 g/mol. The molecule has 1 aromatic rings. The van der Waals surface area contributed by atoms with E-state index in [1.54, 1.807) is 0 Å². The van der Waals surface area contributed by atoms with Gasteiger partial charge in [-0.05, 0) is 57.6 Å². The lowest BCUT2D eigenvalue weighted by atomic mass is 9.83. The number of hydrogen-bond donors (Lipinski definition) is 1. The van der Waals surface area contributed by atoms with Gasteiger partial charge in [-0.1, -0.05) is 19.8 Å². The van der Waals surface area contributed by atoms with Crippen molar-refractivity contribution < 1.29 is 0 Å². The van der Waals surface area contributed by atoms with E-state index in [9.17, 15) is 0 Å². The third-order valence-electron chi connectivity index (χ3n) is 4.13. The van der Waals surface area contributed by atoms with Crippen molar-refractivity contribution in [2.45, 2.75) is 65.3 Å². The number of nitrogens with zero attached hydrogens (tertiary/aromatic N) is 1. The molecule has 0 atom stereocenters. The van der Waals surface area contributed by atoms with Crippen LogP contribution in [0, 0.1) is 19.8 Å². The van der Waals surface area contributed by atoms with Gasteiger partial charge in [-0.2, -0.15) is 0 Å². The normalized spacial score (nSPS) is 23.9. The van der Waals surface area contributed by atoms with E-state index in [0.717, 1.165) is 17.3 Å². The average Bonchev–Trinajstić information content (AvgIpc) is 2.35. The minimum atomic E-state index is 0.654. The summed E-state index contributed by atoms with van der Waals surface area (Å²) >= 11 is 0. The molecule has 1 aliphatic carbocycles. The highest BCUT2D eigenvalue weighted by Gasteiger charge is 2.20. The van der Waals surface area contributed by atoms with E-state index in [1.807, 2.05) is 6.92 Å². The van der Waals surface area contributed by atoms with Gasteiger partial charge in [0, 0.05) is 11.7 Å². The Morgan fingerprint density at radius 2 is 1.89 bits per heavy atom. The van der Waals surface area contributed by atoms with Gasteiger partial charge in [0.15, 0.2) is 0 Å². The van der Waals surface area contributed by atoms with E-state index in [2.05, 4.69) is 36.3 Å². The quantitative estimate of drug-likeness (QED) is 0.848. The monoisotopic (exact) mass is 246 g/mol. The zero-order valence-electron chi connectivity index (χ0n) is 12.0. The van der Waals surface area contributed by atoms with Gasteiger partial charge in [-0.15, -0.1) is 0 Å². The first-order chi connectivity index (χ1) is 8.69. The van der Waals surface area contributed by atoms with E-state index in [1.165, 1.54) is 44.2 Å². The van der Waals surface area contributed by atoms with Gasteiger partial charge in [-0.3, -0.25) is 4.98 Å². The van der Waals surface area contributed by atoms with Crippen LogP contribution in [-0.4, -0.2) is 11.0 Å². The van der Waals surface area contributed by atoms with Crippen molar-refractivity contribution in [1.29, 1.82) is 0 Å². The number of nitrogens with one attached hydrogen (secondary N) is 1. The van der Waals surface area contributed by atoms with Gasteiger partial charge in [0.05, 0.1) is 11.4 Å². The first-order valence-corrected chi connectivity index (χ1v) is 7.39. The Morgan fingerprint density at radius 1 is 1.17 bits per heavy atom. The lowest BCUT2D eigenvalue weighted by molar-refractivity contribution is 0.319. The van der Waals surface area contributed by atoms with Crippen LogP contribution in [0.1, 0.15) is 56.8 Å². The zero-order chi connectivity index (χ0) is 13.0. The fraction of sp³-hybridized carbons (Fsp3) is 0.688. The van der Waals surface area contributed by atoms with Crippen LogP contribution in [0.15, 0.2) is 12.1 Å². The van der Waals surface area contributed by atoms with Crippen molar-refractivity contribution >= 4 is 5.69 Å². The van der Waals surface area contributed by atoms with Crippen LogP contribution in [0.4, 0.5) is 5.69 Å². The molecule has 0 spiro atoms. The van der Waals surface area contributed by atoms with E-state index in [0.29, 0.717) is 6.04 Å². The molecule has 1 aromatic heterocycles. The summed E-state index contributed by atoms with van der Waals surface area (Å²) in [4.78, 5) is 4.52. The second-order valence-electron chi connectivity index (χ2n) is 5.74. The third kappa shape index (κ3) is 3.47. The fourth-order valence-electron chi connectivity index (χ4n) is 3.06. The molecule has 0 aliphatic heterocycles. The molecule has 0 unspecified atom stereocenters. The molecule has 2 heteroatoms. The first-order valence-electron chi connectivity index (χ1n) is 7.39. The maximum absolute atomic E-state index is 4.52. The van der Waals surface area contributed by atoms with Crippen LogP contribution >= 0.6 is 0 Å². The highest BCUT2D eigenvalue weighted by molar-refractivity contribution is 5.48. The molecule has 18 heavy (non-hydrogen) atoms. The Hall–Kier alpha value is -1.05. The molecule has 100 valence electrons. The minimum Gasteiger partial charge on any atom is -0.381 e. The van der Waals surface area contributed by atoms with Gasteiger partial charge in [0.25, 0.3) is 0 Å². The highest BCUT2D eigenvalue weighted by atomic mass is 14.9. The number of aromatic nitrogens is 1. The summed E-state index contributed by atoms with van der Waals surface area (Å²) in [5.74, 6) is 0.977. The SMILES string of the molecule is CCCC1CCC(Nc2ccc(C)nc2C)CC1. The fourth-order valence-corrected chi connectivity index (χ4v) is 3.06. The molecule has 0 amide bonds. The Balaban J connectivity index is 1.87. The number of aryl methyl sites for hydroxylation is 2. The Morgan fingerprint density at radius 3 is 2.50 bits per heavy atom. The number of hydrogen-bond acceptors (Lipinski definition) is 2. The maximum atomic E-state index is 4.52. The highest BCUT2D eigenvalue weighted by Crippen LogP contribution is 2.29. The molecule has 0 radical (unpaired) electrons. The maximum Gasteiger partial charge on any atom is 0.0606 e. The van der Waals surface area contributed by atoms with Crippen molar-refractivity contribution in [2.24, 2.45) is 5.92 Å². The molecule has 2 rings (SSSR count). The minimum absolute atomic E-state index is 0.654. The largest absolute Gasteiger partial charge is 0.381 e. The van der Waals surface area contributed by atoms with Crippen LogP contribution in [-0.2, 0) is 0 Å². The van der Waals surface area contributed by atoms with Gasteiger partial charge in [0.2, 0.25) is 0 Å². The molecule has 0 saturated heterocycles. The summed E-state index contributed by atoms with van der Waals surface area (Å²) in [5.41, 5.74) is 3.45. The van der Waals surface area contributed by atoms with E-state index < -0.39 is 0 Å². The molecule has 1 fully saturated rings.